The number of sulfone groups is 1. The second-order valence-electron chi connectivity index (χ2n) is 3.97. The molecule has 5 nitrogen and oxygen atoms in total. The summed E-state index contributed by atoms with van der Waals surface area (Å²) >= 11 is 0. The lowest BCUT2D eigenvalue weighted by molar-refractivity contribution is 0.0501. The monoisotopic (exact) mass is 251 g/mol. The van der Waals surface area contributed by atoms with Crippen LogP contribution in [-0.2, 0) is 16.4 Å². The van der Waals surface area contributed by atoms with Crippen molar-refractivity contribution in [1.82, 2.24) is 4.90 Å². The summed E-state index contributed by atoms with van der Waals surface area (Å²) in [6.07, 6.45) is 0.00231. The van der Waals surface area contributed by atoms with Crippen molar-refractivity contribution in [2.24, 2.45) is 0 Å². The highest BCUT2D eigenvalue weighted by Crippen LogP contribution is 2.32. The first-order chi connectivity index (χ1) is 7.80. The van der Waals surface area contributed by atoms with Gasteiger partial charge in [-0.15, -0.1) is 0 Å². The van der Waals surface area contributed by atoms with Gasteiger partial charge in [-0.2, -0.15) is 0 Å². The number of benzene rings is 1. The maximum absolute atomic E-state index is 11.4. The number of hydrogen-bond donors (Lipinski definition) is 1. The second-order valence-corrected chi connectivity index (χ2v) is 5.99. The molecule has 1 aromatic carbocycles. The van der Waals surface area contributed by atoms with Gasteiger partial charge in [0.05, 0.1) is 4.90 Å². The standard InChI is InChI=1S/C10H10BNO4S/c1-17(15,16)7-2-3-8-6(4-7)5-12(9(8)13)10(11)14/h2-4,9,13H,5H2,1H3. The molecule has 1 atom stereocenters. The molecule has 1 unspecified atom stereocenters. The summed E-state index contributed by atoms with van der Waals surface area (Å²) in [4.78, 5) is 12.3. The number of aliphatic hydroxyl groups excluding tert-OH is 1. The highest BCUT2D eigenvalue weighted by atomic mass is 32.2. The maximum Gasteiger partial charge on any atom is 0.200 e. The summed E-state index contributed by atoms with van der Waals surface area (Å²) in [5.74, 6) is -0.741. The lowest BCUT2D eigenvalue weighted by Crippen LogP contribution is -2.27. The largest absolute Gasteiger partial charge is 0.369 e. The Morgan fingerprint density at radius 3 is 2.71 bits per heavy atom. The molecule has 0 aliphatic carbocycles. The normalized spacial score (nSPS) is 19.2. The predicted octanol–water partition coefficient (Wildman–Crippen LogP) is 0.185. The third-order valence-corrected chi connectivity index (χ3v) is 3.85. The number of hydrogen-bond acceptors (Lipinski definition) is 4. The molecule has 0 spiro atoms. The Morgan fingerprint density at radius 1 is 1.53 bits per heavy atom. The summed E-state index contributed by atoms with van der Waals surface area (Å²) in [7, 11) is 1.80. The van der Waals surface area contributed by atoms with Gasteiger partial charge < -0.3 is 10.0 Å². The second kappa shape index (κ2) is 3.85. The zero-order chi connectivity index (χ0) is 12.8. The fourth-order valence-electron chi connectivity index (χ4n) is 1.84. The minimum absolute atomic E-state index is 0.120. The molecule has 0 aromatic heterocycles. The average Bonchev–Trinajstić information content (AvgIpc) is 2.54. The van der Waals surface area contributed by atoms with Gasteiger partial charge in [0, 0.05) is 18.4 Å². The number of carbonyl (C=O) groups excluding carboxylic acids is 1. The summed E-state index contributed by atoms with van der Waals surface area (Å²) in [6, 6.07) is 4.36. The van der Waals surface area contributed by atoms with Gasteiger partial charge in [0.25, 0.3) is 0 Å². The van der Waals surface area contributed by atoms with Gasteiger partial charge in [0.15, 0.2) is 21.9 Å². The van der Waals surface area contributed by atoms with Gasteiger partial charge in [-0.3, -0.25) is 4.79 Å². The Bertz CT molecular complexity index is 584. The SMILES string of the molecule is [B]C(=O)N1Cc2cc(S(C)(=O)=O)ccc2C1O. The van der Waals surface area contributed by atoms with E-state index in [2.05, 4.69) is 0 Å². The maximum atomic E-state index is 11.4. The Hall–Kier alpha value is -1.34. The smallest absolute Gasteiger partial charge is 0.200 e. The first-order valence-corrected chi connectivity index (χ1v) is 6.77. The molecule has 0 fully saturated rings. The molecule has 88 valence electrons. The van der Waals surface area contributed by atoms with E-state index in [-0.39, 0.29) is 11.4 Å². The van der Waals surface area contributed by atoms with Crippen molar-refractivity contribution in [3.05, 3.63) is 29.3 Å². The molecule has 1 heterocycles. The Kier molecular flexibility index (Phi) is 2.75. The van der Waals surface area contributed by atoms with Crippen LogP contribution < -0.4 is 0 Å². The summed E-state index contributed by atoms with van der Waals surface area (Å²) < 4.78 is 22.7. The zero-order valence-electron chi connectivity index (χ0n) is 9.12. The van der Waals surface area contributed by atoms with Gasteiger partial charge >= 0.3 is 0 Å². The number of amides is 1. The summed E-state index contributed by atoms with van der Waals surface area (Å²) in [5.41, 5.74) is 1.11. The van der Waals surface area contributed by atoms with E-state index >= 15 is 0 Å². The molecule has 1 aliphatic rings. The first-order valence-electron chi connectivity index (χ1n) is 4.87. The van der Waals surface area contributed by atoms with E-state index in [0.717, 1.165) is 11.2 Å². The number of fused-ring (bicyclic) bond motifs is 1. The molecule has 1 aromatic rings. The summed E-state index contributed by atoms with van der Waals surface area (Å²) in [5, 5.41) is 9.78. The van der Waals surface area contributed by atoms with E-state index in [4.69, 9.17) is 7.85 Å². The van der Waals surface area contributed by atoms with Crippen LogP contribution in [0.4, 0.5) is 4.79 Å². The van der Waals surface area contributed by atoms with Crippen LogP contribution in [0.25, 0.3) is 0 Å². The molecule has 0 bridgehead atoms. The third kappa shape index (κ3) is 2.08. The van der Waals surface area contributed by atoms with Crippen LogP contribution in [0.2, 0.25) is 0 Å². The Labute approximate surface area is 100 Å². The Morgan fingerprint density at radius 2 is 2.18 bits per heavy atom. The molecule has 1 N–H and O–H groups in total. The van der Waals surface area contributed by atoms with Gasteiger partial charge in [0.2, 0.25) is 7.85 Å². The van der Waals surface area contributed by atoms with E-state index in [1.165, 1.54) is 18.2 Å². The molecule has 7 heteroatoms. The Balaban J connectivity index is 2.46. The van der Waals surface area contributed by atoms with Crippen molar-refractivity contribution in [3.8, 4) is 0 Å². The minimum Gasteiger partial charge on any atom is -0.369 e. The van der Waals surface area contributed by atoms with Gasteiger partial charge in [-0.25, -0.2) is 8.42 Å². The fourth-order valence-corrected chi connectivity index (χ4v) is 2.51. The van der Waals surface area contributed by atoms with E-state index in [9.17, 15) is 18.3 Å². The number of carbonyl (C=O) groups is 1. The highest BCUT2D eigenvalue weighted by Gasteiger charge is 2.30. The lowest BCUT2D eigenvalue weighted by atomic mass is 10.1. The van der Waals surface area contributed by atoms with Gasteiger partial charge in [0.1, 0.15) is 0 Å². The molecule has 0 saturated carbocycles. The van der Waals surface area contributed by atoms with Crippen molar-refractivity contribution >= 4 is 23.5 Å². The summed E-state index contributed by atoms with van der Waals surface area (Å²) in [6.45, 7) is 0.120. The number of rotatable bonds is 1. The van der Waals surface area contributed by atoms with E-state index in [0.29, 0.717) is 11.1 Å². The average molecular weight is 251 g/mol. The van der Waals surface area contributed by atoms with Crippen molar-refractivity contribution in [2.45, 2.75) is 17.7 Å². The first kappa shape index (κ1) is 12.1. The van der Waals surface area contributed by atoms with Crippen LogP contribution in [0.1, 0.15) is 17.4 Å². The minimum atomic E-state index is -3.30. The van der Waals surface area contributed by atoms with Crippen LogP contribution in [0.5, 0.6) is 0 Å². The quantitative estimate of drug-likeness (QED) is 0.723. The van der Waals surface area contributed by atoms with Crippen LogP contribution in [0.15, 0.2) is 23.1 Å². The zero-order valence-corrected chi connectivity index (χ0v) is 9.94. The van der Waals surface area contributed by atoms with Crippen molar-refractivity contribution < 1.29 is 18.3 Å². The number of aliphatic hydroxyl groups is 1. The molecule has 1 aliphatic heterocycles. The molecular weight excluding hydrogens is 241 g/mol. The fraction of sp³-hybridized carbons (Fsp3) is 0.300. The van der Waals surface area contributed by atoms with Crippen LogP contribution in [0.3, 0.4) is 0 Å². The van der Waals surface area contributed by atoms with Crippen LogP contribution >= 0.6 is 0 Å². The van der Waals surface area contributed by atoms with E-state index < -0.39 is 21.9 Å². The van der Waals surface area contributed by atoms with Gasteiger partial charge in [-0.05, 0) is 17.7 Å². The van der Waals surface area contributed by atoms with E-state index in [1.54, 1.807) is 0 Å². The highest BCUT2D eigenvalue weighted by molar-refractivity contribution is 7.90. The molecule has 2 rings (SSSR count). The molecule has 0 saturated heterocycles. The van der Waals surface area contributed by atoms with Crippen molar-refractivity contribution in [2.75, 3.05) is 6.26 Å². The van der Waals surface area contributed by atoms with E-state index in [1.807, 2.05) is 0 Å². The van der Waals surface area contributed by atoms with Crippen molar-refractivity contribution in [1.29, 1.82) is 0 Å². The predicted molar refractivity (Wildman–Crippen MR) is 61.2 cm³/mol. The molecule has 17 heavy (non-hydrogen) atoms. The molecule has 1 amide bonds. The van der Waals surface area contributed by atoms with Crippen LogP contribution in [0, 0.1) is 0 Å². The topological polar surface area (TPSA) is 74.7 Å². The molecular formula is C10H10BNO4S. The van der Waals surface area contributed by atoms with Crippen LogP contribution in [-0.4, -0.2) is 38.3 Å². The third-order valence-electron chi connectivity index (χ3n) is 2.74. The lowest BCUT2D eigenvalue weighted by Gasteiger charge is -2.18. The molecule has 2 radical (unpaired) electrons. The van der Waals surface area contributed by atoms with Crippen molar-refractivity contribution in [3.63, 3.8) is 0 Å². The number of nitrogens with zero attached hydrogens (tertiary/aromatic N) is 1. The van der Waals surface area contributed by atoms with Gasteiger partial charge in [-0.1, -0.05) is 6.07 Å².